The summed E-state index contributed by atoms with van der Waals surface area (Å²) in [6.07, 6.45) is 1.23. The van der Waals surface area contributed by atoms with Crippen molar-refractivity contribution in [3.05, 3.63) is 62.5 Å². The van der Waals surface area contributed by atoms with Crippen LogP contribution >= 0.6 is 11.6 Å². The molecule has 9 heteroatoms. The van der Waals surface area contributed by atoms with Crippen molar-refractivity contribution in [1.29, 1.82) is 0 Å². The lowest BCUT2D eigenvalue weighted by molar-refractivity contribution is -0.125. The molecular weight excluding hydrogens is 432 g/mol. The number of carbonyl (C=O) groups is 2. The van der Waals surface area contributed by atoms with E-state index >= 15 is 0 Å². The van der Waals surface area contributed by atoms with E-state index in [4.69, 9.17) is 22.1 Å². The second kappa shape index (κ2) is 11.6. The van der Waals surface area contributed by atoms with E-state index in [1.54, 1.807) is 44.3 Å². The fourth-order valence-electron chi connectivity index (χ4n) is 3.00. The van der Waals surface area contributed by atoms with Crippen LogP contribution in [0.25, 0.3) is 0 Å². The molecule has 1 atom stereocenters. The zero-order valence-corrected chi connectivity index (χ0v) is 19.7. The molecule has 0 spiro atoms. The number of ether oxygens (including phenoxy) is 1. The third-order valence-corrected chi connectivity index (χ3v) is 5.12. The molecule has 1 aromatic carbocycles. The summed E-state index contributed by atoms with van der Waals surface area (Å²) in [5.74, 6) is -0.110. The quantitative estimate of drug-likeness (QED) is 0.474. The van der Waals surface area contributed by atoms with Crippen LogP contribution in [0.1, 0.15) is 43.9 Å². The standard InChI is InChI=1S/C23H31ClN4O4/c1-5-19(22(25)30)32-20-7-6-17(24)10-16(20)13-26-21(29)11-18-15(4)8-9-28(23(18)31)27-12-14(2)3/h6-10,14,19,27H,5,11-13H2,1-4H3,(H2,25,30)(H,26,29). The molecule has 1 heterocycles. The molecule has 1 unspecified atom stereocenters. The SMILES string of the molecule is CCC(Oc1ccc(Cl)cc1CNC(=O)Cc1c(C)ccn(NCC(C)C)c1=O)C(N)=O. The molecule has 0 saturated carbocycles. The fraction of sp³-hybridized carbons (Fsp3) is 0.435. The molecule has 2 amide bonds. The van der Waals surface area contributed by atoms with Crippen molar-refractivity contribution in [2.75, 3.05) is 12.0 Å². The summed E-state index contributed by atoms with van der Waals surface area (Å²) in [6.45, 7) is 8.43. The van der Waals surface area contributed by atoms with Crippen LogP contribution in [-0.2, 0) is 22.6 Å². The zero-order chi connectivity index (χ0) is 23.8. The first-order valence-electron chi connectivity index (χ1n) is 10.6. The molecule has 2 rings (SSSR count). The zero-order valence-electron chi connectivity index (χ0n) is 18.9. The number of nitrogens with zero attached hydrogens (tertiary/aromatic N) is 1. The third-order valence-electron chi connectivity index (χ3n) is 4.89. The van der Waals surface area contributed by atoms with Crippen molar-refractivity contribution in [1.82, 2.24) is 9.99 Å². The van der Waals surface area contributed by atoms with Gasteiger partial charge in [0.1, 0.15) is 5.75 Å². The number of carbonyl (C=O) groups excluding carboxylic acids is 2. The summed E-state index contributed by atoms with van der Waals surface area (Å²) >= 11 is 6.09. The van der Waals surface area contributed by atoms with E-state index in [0.29, 0.717) is 40.8 Å². The monoisotopic (exact) mass is 462 g/mol. The number of primary amides is 1. The molecule has 1 aromatic heterocycles. The number of benzene rings is 1. The van der Waals surface area contributed by atoms with Crippen LogP contribution in [0, 0.1) is 12.8 Å². The van der Waals surface area contributed by atoms with E-state index < -0.39 is 12.0 Å². The Balaban J connectivity index is 2.12. The summed E-state index contributed by atoms with van der Waals surface area (Å²) < 4.78 is 7.13. The van der Waals surface area contributed by atoms with Crippen LogP contribution in [-0.4, -0.2) is 29.1 Å². The molecule has 0 radical (unpaired) electrons. The van der Waals surface area contributed by atoms with E-state index in [2.05, 4.69) is 10.7 Å². The van der Waals surface area contributed by atoms with E-state index in [1.807, 2.05) is 13.8 Å². The normalized spacial score (nSPS) is 11.8. The highest BCUT2D eigenvalue weighted by atomic mass is 35.5. The van der Waals surface area contributed by atoms with Crippen LogP contribution in [0.4, 0.5) is 0 Å². The number of hydrogen-bond acceptors (Lipinski definition) is 5. The highest BCUT2D eigenvalue weighted by Gasteiger charge is 2.18. The lowest BCUT2D eigenvalue weighted by atomic mass is 10.1. The van der Waals surface area contributed by atoms with Gasteiger partial charge in [0.2, 0.25) is 5.91 Å². The van der Waals surface area contributed by atoms with Crippen molar-refractivity contribution in [3.8, 4) is 5.75 Å². The summed E-state index contributed by atoms with van der Waals surface area (Å²) in [6, 6.07) is 6.72. The smallest absolute Gasteiger partial charge is 0.272 e. The number of nitrogens with one attached hydrogen (secondary N) is 2. The molecule has 0 saturated heterocycles. The van der Waals surface area contributed by atoms with E-state index in [0.717, 1.165) is 5.56 Å². The number of aromatic nitrogens is 1. The van der Waals surface area contributed by atoms with Crippen molar-refractivity contribution < 1.29 is 14.3 Å². The van der Waals surface area contributed by atoms with Crippen LogP contribution in [0.5, 0.6) is 5.75 Å². The Morgan fingerprint density at radius 1 is 1.25 bits per heavy atom. The minimum absolute atomic E-state index is 0.0650. The first kappa shape index (κ1) is 25.3. The average molecular weight is 463 g/mol. The Labute approximate surface area is 193 Å². The van der Waals surface area contributed by atoms with Gasteiger partial charge in [0, 0.05) is 35.4 Å². The van der Waals surface area contributed by atoms with Crippen LogP contribution in [0.3, 0.4) is 0 Å². The minimum Gasteiger partial charge on any atom is -0.480 e. The molecule has 0 aliphatic rings. The van der Waals surface area contributed by atoms with Crippen LogP contribution in [0.15, 0.2) is 35.3 Å². The van der Waals surface area contributed by atoms with Gasteiger partial charge < -0.3 is 21.2 Å². The maximum absolute atomic E-state index is 12.8. The second-order valence-corrected chi connectivity index (χ2v) is 8.47. The van der Waals surface area contributed by atoms with Crippen molar-refractivity contribution in [3.63, 3.8) is 0 Å². The maximum atomic E-state index is 12.8. The molecule has 0 aliphatic heterocycles. The summed E-state index contributed by atoms with van der Waals surface area (Å²) in [7, 11) is 0. The second-order valence-electron chi connectivity index (χ2n) is 8.03. The highest BCUT2D eigenvalue weighted by Crippen LogP contribution is 2.24. The van der Waals surface area contributed by atoms with E-state index in [9.17, 15) is 14.4 Å². The van der Waals surface area contributed by atoms with Gasteiger partial charge >= 0.3 is 0 Å². The average Bonchev–Trinajstić information content (AvgIpc) is 2.73. The predicted molar refractivity (Wildman–Crippen MR) is 125 cm³/mol. The van der Waals surface area contributed by atoms with Gasteiger partial charge in [-0.1, -0.05) is 32.4 Å². The largest absolute Gasteiger partial charge is 0.480 e. The molecule has 174 valence electrons. The summed E-state index contributed by atoms with van der Waals surface area (Å²) in [5, 5.41) is 3.26. The Bertz CT molecular complexity index is 1020. The topological polar surface area (TPSA) is 115 Å². The first-order valence-corrected chi connectivity index (χ1v) is 11.0. The van der Waals surface area contributed by atoms with E-state index in [1.165, 1.54) is 4.68 Å². The third kappa shape index (κ3) is 7.02. The molecule has 4 N–H and O–H groups in total. The van der Waals surface area contributed by atoms with Gasteiger partial charge in [-0.05, 0) is 49.1 Å². The lowest BCUT2D eigenvalue weighted by Crippen LogP contribution is -2.35. The van der Waals surface area contributed by atoms with Crippen molar-refractivity contribution in [2.45, 2.75) is 53.2 Å². The van der Waals surface area contributed by atoms with Gasteiger partial charge in [0.05, 0.1) is 6.42 Å². The number of pyridine rings is 1. The van der Waals surface area contributed by atoms with Gasteiger partial charge in [-0.25, -0.2) is 4.68 Å². The molecule has 8 nitrogen and oxygen atoms in total. The minimum atomic E-state index is -0.783. The highest BCUT2D eigenvalue weighted by molar-refractivity contribution is 6.30. The lowest BCUT2D eigenvalue weighted by Gasteiger charge is -2.18. The van der Waals surface area contributed by atoms with Gasteiger partial charge in [0.15, 0.2) is 6.10 Å². The molecule has 0 aliphatic carbocycles. The number of aryl methyl sites for hydroxylation is 1. The van der Waals surface area contributed by atoms with Gasteiger partial charge in [-0.3, -0.25) is 14.4 Å². The predicted octanol–water partition coefficient (Wildman–Crippen LogP) is 2.51. The Kier molecular flexibility index (Phi) is 9.13. The fourth-order valence-corrected chi connectivity index (χ4v) is 3.20. The number of nitrogens with two attached hydrogens (primary N) is 1. The summed E-state index contributed by atoms with van der Waals surface area (Å²) in [4.78, 5) is 36.9. The number of amides is 2. The Morgan fingerprint density at radius 2 is 1.97 bits per heavy atom. The maximum Gasteiger partial charge on any atom is 0.272 e. The molecule has 0 bridgehead atoms. The summed E-state index contributed by atoms with van der Waals surface area (Å²) in [5.41, 5.74) is 9.94. The number of hydrogen-bond donors (Lipinski definition) is 3. The van der Waals surface area contributed by atoms with Gasteiger partial charge in [-0.2, -0.15) is 0 Å². The van der Waals surface area contributed by atoms with Gasteiger partial charge in [-0.15, -0.1) is 0 Å². The van der Waals surface area contributed by atoms with Crippen LogP contribution in [0.2, 0.25) is 5.02 Å². The Morgan fingerprint density at radius 3 is 2.59 bits per heavy atom. The van der Waals surface area contributed by atoms with Crippen molar-refractivity contribution >= 4 is 23.4 Å². The number of halogens is 1. The number of rotatable bonds is 11. The molecule has 2 aromatic rings. The van der Waals surface area contributed by atoms with Gasteiger partial charge in [0.25, 0.3) is 11.5 Å². The Hall–Kier alpha value is -3.00. The molecule has 32 heavy (non-hydrogen) atoms. The van der Waals surface area contributed by atoms with Crippen LogP contribution < -0.4 is 26.8 Å². The van der Waals surface area contributed by atoms with E-state index in [-0.39, 0.29) is 24.4 Å². The first-order chi connectivity index (χ1) is 15.1. The molecular formula is C23H31ClN4O4. The van der Waals surface area contributed by atoms with Crippen molar-refractivity contribution in [2.24, 2.45) is 11.7 Å². The molecule has 0 fully saturated rings.